The summed E-state index contributed by atoms with van der Waals surface area (Å²) in [6.45, 7) is 6.53. The summed E-state index contributed by atoms with van der Waals surface area (Å²) in [5.74, 6) is -0.163. The third kappa shape index (κ3) is 4.33. The van der Waals surface area contributed by atoms with Gasteiger partial charge in [-0.3, -0.25) is 4.98 Å². The van der Waals surface area contributed by atoms with Crippen LogP contribution in [0.3, 0.4) is 0 Å². The summed E-state index contributed by atoms with van der Waals surface area (Å²) in [5, 5.41) is 8.94. The van der Waals surface area contributed by atoms with Gasteiger partial charge in [0, 0.05) is 13.1 Å². The van der Waals surface area contributed by atoms with Crippen LogP contribution in [-0.2, 0) is 0 Å². The molecule has 0 fully saturated rings. The van der Waals surface area contributed by atoms with E-state index < -0.39 is 0 Å². The topological polar surface area (TPSA) is 62.4 Å². The van der Waals surface area contributed by atoms with Crippen molar-refractivity contribution in [3.05, 3.63) is 29.8 Å². The molecule has 18 heavy (non-hydrogen) atoms. The second-order valence-corrected chi connectivity index (χ2v) is 4.52. The van der Waals surface area contributed by atoms with Crippen molar-refractivity contribution in [1.29, 1.82) is 0 Å². The first-order valence-corrected chi connectivity index (χ1v) is 6.28. The van der Waals surface area contributed by atoms with Gasteiger partial charge in [-0.15, -0.1) is 0 Å². The van der Waals surface area contributed by atoms with Crippen molar-refractivity contribution < 1.29 is 9.50 Å². The number of rotatable bonds is 7. The number of nitrogens with two attached hydrogens (primary N) is 1. The molecule has 102 valence electrons. The van der Waals surface area contributed by atoms with E-state index >= 15 is 0 Å². The number of halogens is 1. The SMILES string of the molecule is CCN(CCO)CC(C)C(N)c1ccc(F)cn1. The van der Waals surface area contributed by atoms with E-state index in [1.54, 1.807) is 6.07 Å². The van der Waals surface area contributed by atoms with Crippen molar-refractivity contribution in [2.75, 3.05) is 26.2 Å². The summed E-state index contributed by atoms with van der Waals surface area (Å²) in [4.78, 5) is 6.14. The fourth-order valence-corrected chi connectivity index (χ4v) is 1.92. The third-order valence-corrected chi connectivity index (χ3v) is 3.11. The van der Waals surface area contributed by atoms with E-state index in [-0.39, 0.29) is 24.4 Å². The number of aliphatic hydroxyl groups excluding tert-OH is 1. The van der Waals surface area contributed by atoms with Crippen molar-refractivity contribution in [3.63, 3.8) is 0 Å². The quantitative estimate of drug-likeness (QED) is 0.768. The molecule has 2 unspecified atom stereocenters. The Labute approximate surface area is 108 Å². The standard InChI is InChI=1S/C13H22FN3O/c1-3-17(6-7-18)9-10(2)13(15)12-5-4-11(14)8-16-12/h4-5,8,10,13,18H,3,6-7,9,15H2,1-2H3. The normalized spacial score (nSPS) is 14.8. The first-order chi connectivity index (χ1) is 8.58. The molecule has 1 rings (SSSR count). The number of hydrogen-bond acceptors (Lipinski definition) is 4. The Balaban J connectivity index is 2.59. The predicted molar refractivity (Wildman–Crippen MR) is 69.5 cm³/mol. The van der Waals surface area contributed by atoms with E-state index in [9.17, 15) is 4.39 Å². The van der Waals surface area contributed by atoms with Crippen LogP contribution in [-0.4, -0.2) is 41.2 Å². The number of hydrogen-bond donors (Lipinski definition) is 2. The molecule has 1 aromatic heterocycles. The van der Waals surface area contributed by atoms with Gasteiger partial charge in [-0.2, -0.15) is 0 Å². The molecule has 3 N–H and O–H groups in total. The van der Waals surface area contributed by atoms with Crippen LogP contribution in [0.5, 0.6) is 0 Å². The molecule has 0 aliphatic rings. The fourth-order valence-electron chi connectivity index (χ4n) is 1.92. The number of likely N-dealkylation sites (N-methyl/N-ethyl adjacent to an activating group) is 1. The maximum Gasteiger partial charge on any atom is 0.141 e. The summed E-state index contributed by atoms with van der Waals surface area (Å²) in [7, 11) is 0. The number of nitrogens with zero attached hydrogens (tertiary/aromatic N) is 2. The fraction of sp³-hybridized carbons (Fsp3) is 0.615. The van der Waals surface area contributed by atoms with Crippen molar-refractivity contribution in [2.45, 2.75) is 19.9 Å². The van der Waals surface area contributed by atoms with Crippen molar-refractivity contribution >= 4 is 0 Å². The smallest absolute Gasteiger partial charge is 0.141 e. The number of aliphatic hydroxyl groups is 1. The van der Waals surface area contributed by atoms with Crippen LogP contribution in [0.4, 0.5) is 4.39 Å². The van der Waals surface area contributed by atoms with Gasteiger partial charge in [0.05, 0.1) is 24.5 Å². The average molecular weight is 255 g/mol. The minimum atomic E-state index is -0.353. The number of pyridine rings is 1. The van der Waals surface area contributed by atoms with Crippen LogP contribution in [0.25, 0.3) is 0 Å². The Morgan fingerprint density at radius 3 is 2.72 bits per heavy atom. The lowest BCUT2D eigenvalue weighted by Crippen LogP contribution is -2.35. The van der Waals surface area contributed by atoms with E-state index in [4.69, 9.17) is 10.8 Å². The molecule has 0 aliphatic heterocycles. The minimum Gasteiger partial charge on any atom is -0.395 e. The summed E-state index contributed by atoms with van der Waals surface area (Å²) in [6, 6.07) is 2.78. The van der Waals surface area contributed by atoms with Gasteiger partial charge in [0.15, 0.2) is 0 Å². The predicted octanol–water partition coefficient (Wildman–Crippen LogP) is 1.17. The van der Waals surface area contributed by atoms with Gasteiger partial charge in [0.1, 0.15) is 5.82 Å². The zero-order chi connectivity index (χ0) is 13.5. The highest BCUT2D eigenvalue weighted by molar-refractivity contribution is 5.10. The molecule has 0 bridgehead atoms. The zero-order valence-electron chi connectivity index (χ0n) is 11.0. The Morgan fingerprint density at radius 1 is 1.50 bits per heavy atom. The summed E-state index contributed by atoms with van der Waals surface area (Å²) >= 11 is 0. The Bertz CT molecular complexity index is 345. The minimum absolute atomic E-state index is 0.143. The molecule has 0 aliphatic carbocycles. The Morgan fingerprint density at radius 2 is 2.22 bits per heavy atom. The van der Waals surface area contributed by atoms with E-state index in [2.05, 4.69) is 9.88 Å². The summed E-state index contributed by atoms with van der Waals surface area (Å²) < 4.78 is 12.8. The van der Waals surface area contributed by atoms with Crippen LogP contribution >= 0.6 is 0 Å². The zero-order valence-corrected chi connectivity index (χ0v) is 11.0. The monoisotopic (exact) mass is 255 g/mol. The molecule has 0 saturated carbocycles. The van der Waals surface area contributed by atoms with Gasteiger partial charge in [0.25, 0.3) is 0 Å². The van der Waals surface area contributed by atoms with E-state index in [1.165, 1.54) is 12.3 Å². The summed E-state index contributed by atoms with van der Waals surface area (Å²) in [6.07, 6.45) is 1.19. The highest BCUT2D eigenvalue weighted by Gasteiger charge is 2.18. The molecular formula is C13H22FN3O. The first-order valence-electron chi connectivity index (χ1n) is 6.28. The molecule has 0 radical (unpaired) electrons. The van der Waals surface area contributed by atoms with Crippen LogP contribution < -0.4 is 5.73 Å². The largest absolute Gasteiger partial charge is 0.395 e. The average Bonchev–Trinajstić information content (AvgIpc) is 2.38. The van der Waals surface area contributed by atoms with Crippen molar-refractivity contribution in [1.82, 2.24) is 9.88 Å². The molecule has 0 aromatic carbocycles. The summed E-state index contributed by atoms with van der Waals surface area (Å²) in [5.41, 5.74) is 6.81. The molecule has 0 amide bonds. The first kappa shape index (κ1) is 15.0. The lowest BCUT2D eigenvalue weighted by molar-refractivity contribution is 0.177. The van der Waals surface area contributed by atoms with Crippen LogP contribution in [0.2, 0.25) is 0 Å². The maximum absolute atomic E-state index is 12.8. The molecule has 1 aromatic rings. The molecule has 1 heterocycles. The van der Waals surface area contributed by atoms with Gasteiger partial charge in [0.2, 0.25) is 0 Å². The van der Waals surface area contributed by atoms with Gasteiger partial charge in [-0.1, -0.05) is 13.8 Å². The van der Waals surface area contributed by atoms with Crippen molar-refractivity contribution in [3.8, 4) is 0 Å². The van der Waals surface area contributed by atoms with Gasteiger partial charge >= 0.3 is 0 Å². The van der Waals surface area contributed by atoms with E-state index in [1.807, 2.05) is 13.8 Å². The van der Waals surface area contributed by atoms with Crippen LogP contribution in [0, 0.1) is 11.7 Å². The molecular weight excluding hydrogens is 233 g/mol. The van der Waals surface area contributed by atoms with Crippen LogP contribution in [0.15, 0.2) is 18.3 Å². The lowest BCUT2D eigenvalue weighted by Gasteiger charge is -2.26. The maximum atomic E-state index is 12.8. The lowest BCUT2D eigenvalue weighted by atomic mass is 9.98. The Kier molecular flexibility index (Phi) is 6.18. The molecule has 2 atom stereocenters. The highest BCUT2D eigenvalue weighted by Crippen LogP contribution is 2.18. The molecule has 4 nitrogen and oxygen atoms in total. The second kappa shape index (κ2) is 7.41. The van der Waals surface area contributed by atoms with E-state index in [0.717, 1.165) is 13.1 Å². The Hall–Kier alpha value is -1.04. The second-order valence-electron chi connectivity index (χ2n) is 4.52. The van der Waals surface area contributed by atoms with E-state index in [0.29, 0.717) is 12.2 Å². The highest BCUT2D eigenvalue weighted by atomic mass is 19.1. The van der Waals surface area contributed by atoms with Crippen molar-refractivity contribution in [2.24, 2.45) is 11.7 Å². The molecule has 5 heteroatoms. The van der Waals surface area contributed by atoms with Gasteiger partial charge in [-0.25, -0.2) is 4.39 Å². The molecule has 0 spiro atoms. The molecule has 0 saturated heterocycles. The van der Waals surface area contributed by atoms with Gasteiger partial charge < -0.3 is 15.7 Å². The van der Waals surface area contributed by atoms with Gasteiger partial charge in [-0.05, 0) is 24.6 Å². The van der Waals surface area contributed by atoms with Crippen LogP contribution in [0.1, 0.15) is 25.6 Å². The third-order valence-electron chi connectivity index (χ3n) is 3.11. The number of aromatic nitrogens is 1.